The Balaban J connectivity index is 2.88. The zero-order valence-electron chi connectivity index (χ0n) is 7.86. The molecule has 0 aliphatic carbocycles. The maximum absolute atomic E-state index is 10.6. The first-order valence-corrected chi connectivity index (χ1v) is 4.27. The molecule has 1 aromatic rings. The van der Waals surface area contributed by atoms with E-state index in [1.807, 2.05) is 12.1 Å². The highest BCUT2D eigenvalue weighted by Crippen LogP contribution is 2.13. The second-order valence-electron chi connectivity index (χ2n) is 2.97. The molecule has 0 fully saturated rings. The van der Waals surface area contributed by atoms with Gasteiger partial charge >= 0.3 is 5.97 Å². The molecule has 2 nitrogen and oxygen atoms in total. The Bertz CT molecular complexity index is 360. The third-order valence-electron chi connectivity index (χ3n) is 1.94. The summed E-state index contributed by atoms with van der Waals surface area (Å²) in [5, 5.41) is 8.69. The largest absolute Gasteiger partial charge is 0.478 e. The van der Waals surface area contributed by atoms with Gasteiger partial charge in [-0.3, -0.25) is 0 Å². The van der Waals surface area contributed by atoms with Crippen molar-refractivity contribution >= 4 is 11.5 Å². The van der Waals surface area contributed by atoms with E-state index in [-0.39, 0.29) is 5.57 Å². The fraction of sp³-hybridized carbons (Fsp3) is 0.0833. The van der Waals surface area contributed by atoms with Crippen LogP contribution in [0.2, 0.25) is 0 Å². The topological polar surface area (TPSA) is 37.3 Å². The molecule has 14 heavy (non-hydrogen) atoms. The molecule has 0 atom stereocenters. The molecule has 2 heteroatoms. The summed E-state index contributed by atoms with van der Waals surface area (Å²) < 4.78 is 0. The molecule has 0 amide bonds. The van der Waals surface area contributed by atoms with Crippen LogP contribution in [-0.4, -0.2) is 11.1 Å². The molecule has 72 valence electrons. The Hall–Kier alpha value is -1.83. The number of carboxylic acid groups (broad SMARTS) is 1. The number of benzene rings is 1. The van der Waals surface area contributed by atoms with Crippen LogP contribution in [0, 0.1) is 0 Å². The monoisotopic (exact) mass is 188 g/mol. The normalized spacial score (nSPS) is 9.43. The second-order valence-corrected chi connectivity index (χ2v) is 2.97. The fourth-order valence-corrected chi connectivity index (χ4v) is 1.13. The van der Waals surface area contributed by atoms with Crippen molar-refractivity contribution in [2.45, 2.75) is 6.42 Å². The molecule has 0 aliphatic heterocycles. The molecule has 1 N–H and O–H groups in total. The highest BCUT2D eigenvalue weighted by atomic mass is 16.4. The van der Waals surface area contributed by atoms with E-state index in [9.17, 15) is 4.79 Å². The summed E-state index contributed by atoms with van der Waals surface area (Å²) in [6, 6.07) is 7.28. The lowest BCUT2D eigenvalue weighted by Crippen LogP contribution is -1.97. The lowest BCUT2D eigenvalue weighted by molar-refractivity contribution is -0.130. The molecule has 0 heterocycles. The first kappa shape index (κ1) is 10.3. The summed E-state index contributed by atoms with van der Waals surface area (Å²) in [5.74, 6) is -0.985. The maximum Gasteiger partial charge on any atom is 0.335 e. The number of carboxylic acids is 1. The van der Waals surface area contributed by atoms with E-state index in [1.165, 1.54) is 0 Å². The van der Waals surface area contributed by atoms with Crippen LogP contribution in [0.15, 0.2) is 43.5 Å². The van der Waals surface area contributed by atoms with Gasteiger partial charge in [0, 0.05) is 0 Å². The summed E-state index contributed by atoms with van der Waals surface area (Å²) in [4.78, 5) is 10.6. The minimum atomic E-state index is -0.985. The SMILES string of the molecule is C=CCc1ccc(C(=C)C(=O)O)cc1. The minimum absolute atomic E-state index is 0.121. The van der Waals surface area contributed by atoms with Crippen LogP contribution in [-0.2, 0) is 11.2 Å². The summed E-state index contributed by atoms with van der Waals surface area (Å²) >= 11 is 0. The van der Waals surface area contributed by atoms with E-state index in [4.69, 9.17) is 5.11 Å². The Morgan fingerprint density at radius 1 is 1.36 bits per heavy atom. The molecule has 0 saturated heterocycles. The van der Waals surface area contributed by atoms with Gasteiger partial charge in [-0.25, -0.2) is 4.79 Å². The third kappa shape index (κ3) is 2.33. The van der Waals surface area contributed by atoms with Crippen LogP contribution in [0.3, 0.4) is 0 Å². The highest BCUT2D eigenvalue weighted by molar-refractivity contribution is 6.14. The second kappa shape index (κ2) is 4.42. The van der Waals surface area contributed by atoms with Gasteiger partial charge < -0.3 is 5.11 Å². The Kier molecular flexibility index (Phi) is 3.24. The van der Waals surface area contributed by atoms with Gasteiger partial charge in [0.25, 0.3) is 0 Å². The molecule has 0 aromatic heterocycles. The van der Waals surface area contributed by atoms with Gasteiger partial charge in [-0.1, -0.05) is 36.9 Å². The van der Waals surface area contributed by atoms with Gasteiger partial charge in [0.2, 0.25) is 0 Å². The van der Waals surface area contributed by atoms with Crippen LogP contribution >= 0.6 is 0 Å². The zero-order valence-corrected chi connectivity index (χ0v) is 7.86. The number of rotatable bonds is 4. The van der Waals surface area contributed by atoms with Crippen molar-refractivity contribution in [3.63, 3.8) is 0 Å². The number of hydrogen-bond donors (Lipinski definition) is 1. The zero-order chi connectivity index (χ0) is 10.6. The smallest absolute Gasteiger partial charge is 0.335 e. The maximum atomic E-state index is 10.6. The van der Waals surface area contributed by atoms with E-state index in [0.29, 0.717) is 5.56 Å². The molecular formula is C12H12O2. The average Bonchev–Trinajstić information content (AvgIpc) is 2.18. The summed E-state index contributed by atoms with van der Waals surface area (Å²) in [6.45, 7) is 7.11. The van der Waals surface area contributed by atoms with E-state index in [0.717, 1.165) is 12.0 Å². The van der Waals surface area contributed by atoms with E-state index in [1.54, 1.807) is 18.2 Å². The summed E-state index contributed by atoms with van der Waals surface area (Å²) in [7, 11) is 0. The lowest BCUT2D eigenvalue weighted by Gasteiger charge is -2.01. The molecule has 0 saturated carbocycles. The number of hydrogen-bond acceptors (Lipinski definition) is 1. The van der Waals surface area contributed by atoms with Crippen molar-refractivity contribution in [3.8, 4) is 0 Å². The highest BCUT2D eigenvalue weighted by Gasteiger charge is 2.05. The van der Waals surface area contributed by atoms with Crippen LogP contribution < -0.4 is 0 Å². The van der Waals surface area contributed by atoms with Crippen molar-refractivity contribution in [2.75, 3.05) is 0 Å². The van der Waals surface area contributed by atoms with Gasteiger partial charge in [0.15, 0.2) is 0 Å². The van der Waals surface area contributed by atoms with E-state index >= 15 is 0 Å². The van der Waals surface area contributed by atoms with Crippen LogP contribution in [0.4, 0.5) is 0 Å². The number of carbonyl (C=O) groups is 1. The predicted molar refractivity (Wildman–Crippen MR) is 57.0 cm³/mol. The molecule has 1 rings (SSSR count). The minimum Gasteiger partial charge on any atom is -0.478 e. The van der Waals surface area contributed by atoms with E-state index in [2.05, 4.69) is 13.2 Å². The molecule has 0 aliphatic rings. The van der Waals surface area contributed by atoms with Crippen molar-refractivity contribution in [3.05, 3.63) is 54.6 Å². The summed E-state index contributed by atoms with van der Waals surface area (Å²) in [6.07, 6.45) is 2.60. The Morgan fingerprint density at radius 3 is 2.36 bits per heavy atom. The first-order chi connectivity index (χ1) is 6.65. The number of aliphatic carboxylic acids is 1. The lowest BCUT2D eigenvalue weighted by atomic mass is 10.0. The Labute approximate surface area is 83.2 Å². The fourth-order valence-electron chi connectivity index (χ4n) is 1.13. The molecule has 0 bridgehead atoms. The van der Waals surface area contributed by atoms with Crippen molar-refractivity contribution in [2.24, 2.45) is 0 Å². The first-order valence-electron chi connectivity index (χ1n) is 4.27. The van der Waals surface area contributed by atoms with Crippen molar-refractivity contribution in [1.82, 2.24) is 0 Å². The van der Waals surface area contributed by atoms with Gasteiger partial charge in [0.05, 0.1) is 5.57 Å². The van der Waals surface area contributed by atoms with Gasteiger partial charge in [-0.2, -0.15) is 0 Å². The van der Waals surface area contributed by atoms with Crippen LogP contribution in [0.5, 0.6) is 0 Å². The van der Waals surface area contributed by atoms with Crippen molar-refractivity contribution in [1.29, 1.82) is 0 Å². The average molecular weight is 188 g/mol. The summed E-state index contributed by atoms with van der Waals surface area (Å²) in [5.41, 5.74) is 1.88. The standard InChI is InChI=1S/C12H12O2/c1-3-4-10-5-7-11(8-6-10)9(2)12(13)14/h3,5-8H,1-2,4H2,(H,13,14). The van der Waals surface area contributed by atoms with Crippen LogP contribution in [0.25, 0.3) is 5.57 Å². The Morgan fingerprint density at radius 2 is 1.93 bits per heavy atom. The van der Waals surface area contributed by atoms with Crippen LogP contribution in [0.1, 0.15) is 11.1 Å². The molecular weight excluding hydrogens is 176 g/mol. The number of allylic oxidation sites excluding steroid dienone is 1. The predicted octanol–water partition coefficient (Wildman–Crippen LogP) is 2.51. The van der Waals surface area contributed by atoms with E-state index < -0.39 is 5.97 Å². The van der Waals surface area contributed by atoms with Gasteiger partial charge in [-0.05, 0) is 17.5 Å². The third-order valence-corrected chi connectivity index (χ3v) is 1.94. The quantitative estimate of drug-likeness (QED) is 0.582. The molecule has 0 spiro atoms. The molecule has 0 unspecified atom stereocenters. The molecule has 0 radical (unpaired) electrons. The van der Waals surface area contributed by atoms with Crippen molar-refractivity contribution < 1.29 is 9.90 Å². The van der Waals surface area contributed by atoms with Gasteiger partial charge in [0.1, 0.15) is 0 Å². The van der Waals surface area contributed by atoms with Gasteiger partial charge in [-0.15, -0.1) is 6.58 Å². The molecule has 1 aromatic carbocycles.